The van der Waals surface area contributed by atoms with Gasteiger partial charge in [0, 0.05) is 43.3 Å². The summed E-state index contributed by atoms with van der Waals surface area (Å²) in [6, 6.07) is 12.1. The monoisotopic (exact) mass is 303 g/mol. The highest BCUT2D eigenvalue weighted by Crippen LogP contribution is 2.30. The van der Waals surface area contributed by atoms with E-state index in [0.29, 0.717) is 5.56 Å². The van der Waals surface area contributed by atoms with Gasteiger partial charge in [-0.2, -0.15) is 5.26 Å². The summed E-state index contributed by atoms with van der Waals surface area (Å²) in [5.41, 5.74) is 4.82. The van der Waals surface area contributed by atoms with Crippen molar-refractivity contribution in [3.63, 3.8) is 0 Å². The number of hydrogen-bond acceptors (Lipinski definition) is 4. The van der Waals surface area contributed by atoms with Crippen LogP contribution in [0.2, 0.25) is 0 Å². The highest BCUT2D eigenvalue weighted by Gasteiger charge is 2.14. The molecule has 3 aromatic rings. The van der Waals surface area contributed by atoms with E-state index in [1.807, 2.05) is 36.7 Å². The number of nitrogens with one attached hydrogen (secondary N) is 2. The van der Waals surface area contributed by atoms with E-state index >= 15 is 0 Å². The second-order valence-corrected chi connectivity index (χ2v) is 5.72. The van der Waals surface area contributed by atoms with Crippen LogP contribution >= 0.6 is 0 Å². The minimum Gasteiger partial charge on any atom is -0.368 e. The molecular formula is C18H17N5. The summed E-state index contributed by atoms with van der Waals surface area (Å²) < 4.78 is 0. The number of nitriles is 1. The van der Waals surface area contributed by atoms with Crippen LogP contribution in [0.3, 0.4) is 0 Å². The van der Waals surface area contributed by atoms with E-state index in [0.717, 1.165) is 54.0 Å². The fraction of sp³-hybridized carbons (Fsp3) is 0.222. The van der Waals surface area contributed by atoms with Gasteiger partial charge in [0.2, 0.25) is 0 Å². The number of aromatic nitrogens is 2. The van der Waals surface area contributed by atoms with Gasteiger partial charge in [0.15, 0.2) is 0 Å². The molecule has 1 aromatic carbocycles. The van der Waals surface area contributed by atoms with Crippen LogP contribution in [0.4, 0.5) is 5.69 Å². The molecule has 2 N–H and O–H groups in total. The first-order chi connectivity index (χ1) is 11.3. The van der Waals surface area contributed by atoms with Crippen LogP contribution in [-0.4, -0.2) is 36.1 Å². The average Bonchev–Trinajstić information content (AvgIpc) is 3.05. The van der Waals surface area contributed by atoms with Crippen LogP contribution in [0.15, 0.2) is 42.7 Å². The van der Waals surface area contributed by atoms with Gasteiger partial charge >= 0.3 is 0 Å². The van der Waals surface area contributed by atoms with Crippen molar-refractivity contribution in [3.8, 4) is 17.2 Å². The number of hydrogen-bond donors (Lipinski definition) is 2. The van der Waals surface area contributed by atoms with Gasteiger partial charge in [-0.1, -0.05) is 12.1 Å². The van der Waals surface area contributed by atoms with Crippen LogP contribution in [0.1, 0.15) is 5.56 Å². The number of rotatable bonds is 2. The maximum atomic E-state index is 9.10. The van der Waals surface area contributed by atoms with Gasteiger partial charge in [-0.3, -0.25) is 0 Å². The van der Waals surface area contributed by atoms with E-state index in [-0.39, 0.29) is 0 Å². The molecule has 0 atom stereocenters. The number of benzene rings is 1. The largest absolute Gasteiger partial charge is 0.368 e. The van der Waals surface area contributed by atoms with Gasteiger partial charge in [0.1, 0.15) is 5.65 Å². The fourth-order valence-corrected chi connectivity index (χ4v) is 3.08. The molecule has 1 fully saturated rings. The first kappa shape index (κ1) is 13.8. The second-order valence-electron chi connectivity index (χ2n) is 5.72. The predicted molar refractivity (Wildman–Crippen MR) is 91.3 cm³/mol. The maximum absolute atomic E-state index is 9.10. The Morgan fingerprint density at radius 1 is 1.17 bits per heavy atom. The van der Waals surface area contributed by atoms with Gasteiger partial charge in [-0.05, 0) is 23.8 Å². The summed E-state index contributed by atoms with van der Waals surface area (Å²) in [7, 11) is 0. The third-order valence-corrected chi connectivity index (χ3v) is 4.30. The average molecular weight is 303 g/mol. The lowest BCUT2D eigenvalue weighted by Gasteiger charge is -2.29. The third-order valence-electron chi connectivity index (χ3n) is 4.30. The predicted octanol–water partition coefficient (Wildman–Crippen LogP) is 2.51. The topological polar surface area (TPSA) is 67.7 Å². The molecule has 0 spiro atoms. The number of fused-ring (bicyclic) bond motifs is 1. The zero-order chi connectivity index (χ0) is 15.6. The van der Waals surface area contributed by atoms with Crippen molar-refractivity contribution in [1.82, 2.24) is 15.3 Å². The van der Waals surface area contributed by atoms with Crippen LogP contribution < -0.4 is 10.2 Å². The SMILES string of the molecule is N#Cc1cccc(-c2c[nH]c3ncc(N4CCNCC4)cc23)c1. The quantitative estimate of drug-likeness (QED) is 0.763. The number of H-pyrrole nitrogens is 1. The molecule has 3 heterocycles. The lowest BCUT2D eigenvalue weighted by Crippen LogP contribution is -2.43. The number of piperazine rings is 1. The summed E-state index contributed by atoms with van der Waals surface area (Å²) in [6.45, 7) is 4.00. The van der Waals surface area contributed by atoms with Crippen LogP contribution in [-0.2, 0) is 0 Å². The summed E-state index contributed by atoms with van der Waals surface area (Å²) in [5.74, 6) is 0. The summed E-state index contributed by atoms with van der Waals surface area (Å²) in [5, 5.41) is 13.6. The van der Waals surface area contributed by atoms with Crippen LogP contribution in [0.25, 0.3) is 22.2 Å². The Hall–Kier alpha value is -2.84. The molecule has 0 saturated carbocycles. The molecule has 114 valence electrons. The van der Waals surface area contributed by atoms with Crippen molar-refractivity contribution in [2.75, 3.05) is 31.1 Å². The highest BCUT2D eigenvalue weighted by molar-refractivity contribution is 5.95. The van der Waals surface area contributed by atoms with Crippen molar-refractivity contribution in [1.29, 1.82) is 5.26 Å². The van der Waals surface area contributed by atoms with Crippen molar-refractivity contribution in [2.24, 2.45) is 0 Å². The molecule has 4 rings (SSSR count). The van der Waals surface area contributed by atoms with Gasteiger partial charge < -0.3 is 15.2 Å². The van der Waals surface area contributed by atoms with Gasteiger partial charge in [-0.15, -0.1) is 0 Å². The van der Waals surface area contributed by atoms with Gasteiger partial charge in [0.05, 0.1) is 23.5 Å². The minimum absolute atomic E-state index is 0.670. The number of aromatic amines is 1. The molecule has 23 heavy (non-hydrogen) atoms. The molecule has 2 aromatic heterocycles. The fourth-order valence-electron chi connectivity index (χ4n) is 3.08. The van der Waals surface area contributed by atoms with E-state index in [9.17, 15) is 0 Å². The molecule has 0 amide bonds. The van der Waals surface area contributed by atoms with Gasteiger partial charge in [0.25, 0.3) is 0 Å². The van der Waals surface area contributed by atoms with Crippen molar-refractivity contribution < 1.29 is 0 Å². The molecule has 1 aliphatic rings. The zero-order valence-electron chi connectivity index (χ0n) is 12.7. The van der Waals surface area contributed by atoms with Crippen molar-refractivity contribution in [2.45, 2.75) is 0 Å². The molecule has 0 radical (unpaired) electrons. The molecular weight excluding hydrogens is 286 g/mol. The van der Waals surface area contributed by atoms with E-state index < -0.39 is 0 Å². The standard InChI is InChI=1S/C18H17N5/c19-10-13-2-1-3-14(8-13)17-12-22-18-16(17)9-15(11-21-18)23-6-4-20-5-7-23/h1-3,8-9,11-12,20H,4-7H2,(H,21,22). The first-order valence-electron chi connectivity index (χ1n) is 7.78. The van der Waals surface area contributed by atoms with Gasteiger partial charge in [-0.25, -0.2) is 4.98 Å². The van der Waals surface area contributed by atoms with Crippen LogP contribution in [0, 0.1) is 11.3 Å². The molecule has 5 heteroatoms. The Bertz CT molecular complexity index is 884. The lowest BCUT2D eigenvalue weighted by atomic mass is 10.0. The van der Waals surface area contributed by atoms with Crippen molar-refractivity contribution >= 4 is 16.7 Å². The lowest BCUT2D eigenvalue weighted by molar-refractivity contribution is 0.589. The second kappa shape index (κ2) is 5.75. The molecule has 0 unspecified atom stereocenters. The minimum atomic E-state index is 0.670. The number of nitrogens with zero attached hydrogens (tertiary/aromatic N) is 3. The summed E-state index contributed by atoms with van der Waals surface area (Å²) in [4.78, 5) is 10.1. The number of pyridine rings is 1. The Balaban J connectivity index is 1.79. The molecule has 1 aliphatic heterocycles. The van der Waals surface area contributed by atoms with Crippen LogP contribution in [0.5, 0.6) is 0 Å². The first-order valence-corrected chi connectivity index (χ1v) is 7.78. The Morgan fingerprint density at radius 2 is 2.04 bits per heavy atom. The Labute approximate surface area is 134 Å². The normalized spacial score (nSPS) is 14.8. The smallest absolute Gasteiger partial charge is 0.138 e. The molecule has 0 aliphatic carbocycles. The molecule has 1 saturated heterocycles. The zero-order valence-corrected chi connectivity index (χ0v) is 12.7. The van der Waals surface area contributed by atoms with E-state index in [2.05, 4.69) is 32.3 Å². The van der Waals surface area contributed by atoms with E-state index in [4.69, 9.17) is 5.26 Å². The third kappa shape index (κ3) is 2.54. The Morgan fingerprint density at radius 3 is 2.87 bits per heavy atom. The number of anilines is 1. The molecule has 0 bridgehead atoms. The summed E-state index contributed by atoms with van der Waals surface area (Å²) >= 11 is 0. The van der Waals surface area contributed by atoms with E-state index in [1.165, 1.54) is 0 Å². The van der Waals surface area contributed by atoms with E-state index in [1.54, 1.807) is 0 Å². The maximum Gasteiger partial charge on any atom is 0.138 e. The van der Waals surface area contributed by atoms with Crippen molar-refractivity contribution in [3.05, 3.63) is 48.3 Å². The Kier molecular flexibility index (Phi) is 3.45. The molecule has 5 nitrogen and oxygen atoms in total. The highest BCUT2D eigenvalue weighted by atomic mass is 15.2. The summed E-state index contributed by atoms with van der Waals surface area (Å²) in [6.07, 6.45) is 3.90.